The SMILES string of the molecule is CC(C)N1CC[C@@H]2OCCC[C@@H]2C1. The zero-order valence-corrected chi connectivity index (χ0v) is 8.83. The Bertz CT molecular complexity index is 169. The van der Waals surface area contributed by atoms with Gasteiger partial charge in [0.25, 0.3) is 0 Å². The number of fused-ring (bicyclic) bond motifs is 1. The molecule has 2 aliphatic rings. The Labute approximate surface area is 81.3 Å². The van der Waals surface area contributed by atoms with E-state index < -0.39 is 0 Å². The molecule has 0 saturated carbocycles. The highest BCUT2D eigenvalue weighted by Gasteiger charge is 2.32. The van der Waals surface area contributed by atoms with E-state index in [1.54, 1.807) is 0 Å². The van der Waals surface area contributed by atoms with Gasteiger partial charge in [0.2, 0.25) is 0 Å². The molecular formula is C11H21NO. The Hall–Kier alpha value is -0.0800. The first-order chi connectivity index (χ1) is 6.27. The van der Waals surface area contributed by atoms with E-state index in [1.165, 1.54) is 32.4 Å². The first-order valence-corrected chi connectivity index (χ1v) is 5.63. The second-order valence-electron chi connectivity index (χ2n) is 4.69. The number of piperidine rings is 1. The fraction of sp³-hybridized carbons (Fsp3) is 1.00. The number of hydrogen-bond donors (Lipinski definition) is 0. The molecule has 0 amide bonds. The molecular weight excluding hydrogens is 162 g/mol. The van der Waals surface area contributed by atoms with Crippen molar-refractivity contribution in [3.05, 3.63) is 0 Å². The quantitative estimate of drug-likeness (QED) is 0.615. The van der Waals surface area contributed by atoms with Crippen LogP contribution in [0.15, 0.2) is 0 Å². The average molecular weight is 183 g/mol. The summed E-state index contributed by atoms with van der Waals surface area (Å²) in [6, 6.07) is 0.711. The molecule has 0 bridgehead atoms. The summed E-state index contributed by atoms with van der Waals surface area (Å²) < 4.78 is 5.78. The van der Waals surface area contributed by atoms with Crippen LogP contribution in [0.1, 0.15) is 33.1 Å². The highest BCUT2D eigenvalue weighted by atomic mass is 16.5. The van der Waals surface area contributed by atoms with Gasteiger partial charge < -0.3 is 9.64 Å². The topological polar surface area (TPSA) is 12.5 Å². The van der Waals surface area contributed by atoms with Crippen LogP contribution in [-0.2, 0) is 4.74 Å². The molecule has 2 heteroatoms. The highest BCUT2D eigenvalue weighted by molar-refractivity contribution is 4.84. The monoisotopic (exact) mass is 183 g/mol. The summed E-state index contributed by atoms with van der Waals surface area (Å²) in [7, 11) is 0. The lowest BCUT2D eigenvalue weighted by atomic mass is 9.88. The number of rotatable bonds is 1. The van der Waals surface area contributed by atoms with Crippen LogP contribution in [-0.4, -0.2) is 36.7 Å². The molecule has 0 N–H and O–H groups in total. The lowest BCUT2D eigenvalue weighted by molar-refractivity contribution is -0.0710. The first-order valence-electron chi connectivity index (χ1n) is 5.63. The Morgan fingerprint density at radius 2 is 2.15 bits per heavy atom. The van der Waals surface area contributed by atoms with E-state index in [1.807, 2.05) is 0 Å². The molecule has 0 aromatic carbocycles. The molecule has 2 atom stereocenters. The van der Waals surface area contributed by atoms with Crippen molar-refractivity contribution in [3.63, 3.8) is 0 Å². The van der Waals surface area contributed by atoms with Crippen LogP contribution in [0.3, 0.4) is 0 Å². The van der Waals surface area contributed by atoms with Gasteiger partial charge in [-0.1, -0.05) is 0 Å². The number of ether oxygens (including phenoxy) is 1. The van der Waals surface area contributed by atoms with Crippen LogP contribution in [0.5, 0.6) is 0 Å². The van der Waals surface area contributed by atoms with Crippen molar-refractivity contribution < 1.29 is 4.74 Å². The van der Waals surface area contributed by atoms with Gasteiger partial charge in [0.1, 0.15) is 0 Å². The highest BCUT2D eigenvalue weighted by Crippen LogP contribution is 2.28. The molecule has 2 saturated heterocycles. The van der Waals surface area contributed by atoms with Crippen molar-refractivity contribution >= 4 is 0 Å². The number of hydrogen-bond acceptors (Lipinski definition) is 2. The third kappa shape index (κ3) is 2.05. The van der Waals surface area contributed by atoms with Crippen LogP contribution in [0.4, 0.5) is 0 Å². The second kappa shape index (κ2) is 3.97. The van der Waals surface area contributed by atoms with Crippen molar-refractivity contribution in [2.24, 2.45) is 5.92 Å². The zero-order chi connectivity index (χ0) is 9.26. The van der Waals surface area contributed by atoms with E-state index >= 15 is 0 Å². The van der Waals surface area contributed by atoms with E-state index in [2.05, 4.69) is 18.7 Å². The zero-order valence-electron chi connectivity index (χ0n) is 8.83. The summed E-state index contributed by atoms with van der Waals surface area (Å²) in [6.07, 6.45) is 4.49. The third-order valence-electron chi connectivity index (χ3n) is 3.48. The summed E-state index contributed by atoms with van der Waals surface area (Å²) in [5.41, 5.74) is 0. The maximum atomic E-state index is 5.78. The van der Waals surface area contributed by atoms with Gasteiger partial charge in [0.05, 0.1) is 6.10 Å². The molecule has 0 aromatic heterocycles. The van der Waals surface area contributed by atoms with Crippen LogP contribution >= 0.6 is 0 Å². The summed E-state index contributed by atoms with van der Waals surface area (Å²) in [5, 5.41) is 0. The molecule has 2 nitrogen and oxygen atoms in total. The average Bonchev–Trinajstić information content (AvgIpc) is 2.17. The van der Waals surface area contributed by atoms with E-state index in [0.717, 1.165) is 12.5 Å². The molecule has 76 valence electrons. The molecule has 0 spiro atoms. The summed E-state index contributed by atoms with van der Waals surface area (Å²) in [5.74, 6) is 0.824. The summed E-state index contributed by atoms with van der Waals surface area (Å²) in [6.45, 7) is 8.10. The minimum absolute atomic E-state index is 0.587. The molecule has 0 unspecified atom stereocenters. The number of likely N-dealkylation sites (tertiary alicyclic amines) is 1. The molecule has 0 aliphatic carbocycles. The van der Waals surface area contributed by atoms with Crippen LogP contribution in [0, 0.1) is 5.92 Å². The molecule has 2 aliphatic heterocycles. The smallest absolute Gasteiger partial charge is 0.0627 e. The molecule has 2 rings (SSSR count). The molecule has 0 aromatic rings. The Balaban J connectivity index is 1.91. The predicted molar refractivity (Wildman–Crippen MR) is 53.8 cm³/mol. The van der Waals surface area contributed by atoms with Crippen molar-refractivity contribution in [2.75, 3.05) is 19.7 Å². The van der Waals surface area contributed by atoms with Crippen molar-refractivity contribution in [1.82, 2.24) is 4.90 Å². The van der Waals surface area contributed by atoms with Crippen molar-refractivity contribution in [2.45, 2.75) is 45.3 Å². The summed E-state index contributed by atoms with van der Waals surface area (Å²) in [4.78, 5) is 2.59. The van der Waals surface area contributed by atoms with Gasteiger partial charge in [-0.05, 0) is 39.0 Å². The van der Waals surface area contributed by atoms with Gasteiger partial charge in [-0.15, -0.1) is 0 Å². The Morgan fingerprint density at radius 3 is 2.92 bits per heavy atom. The van der Waals surface area contributed by atoms with Gasteiger partial charge in [0.15, 0.2) is 0 Å². The fourth-order valence-corrected chi connectivity index (χ4v) is 2.58. The maximum Gasteiger partial charge on any atom is 0.0627 e. The van der Waals surface area contributed by atoms with E-state index in [9.17, 15) is 0 Å². The Morgan fingerprint density at radius 1 is 1.31 bits per heavy atom. The minimum Gasteiger partial charge on any atom is -0.378 e. The molecule has 13 heavy (non-hydrogen) atoms. The van der Waals surface area contributed by atoms with Gasteiger partial charge in [-0.2, -0.15) is 0 Å². The van der Waals surface area contributed by atoms with Gasteiger partial charge in [0, 0.05) is 25.7 Å². The van der Waals surface area contributed by atoms with Crippen LogP contribution < -0.4 is 0 Å². The molecule has 2 fully saturated rings. The lowest BCUT2D eigenvalue weighted by Crippen LogP contribution is -2.48. The van der Waals surface area contributed by atoms with Crippen molar-refractivity contribution in [3.8, 4) is 0 Å². The van der Waals surface area contributed by atoms with Gasteiger partial charge in [-0.3, -0.25) is 0 Å². The first kappa shape index (κ1) is 9.47. The number of nitrogens with zero attached hydrogens (tertiary/aromatic N) is 1. The molecule has 2 heterocycles. The van der Waals surface area contributed by atoms with Gasteiger partial charge >= 0.3 is 0 Å². The third-order valence-corrected chi connectivity index (χ3v) is 3.48. The van der Waals surface area contributed by atoms with E-state index in [0.29, 0.717) is 12.1 Å². The fourth-order valence-electron chi connectivity index (χ4n) is 2.58. The minimum atomic E-state index is 0.587. The second-order valence-corrected chi connectivity index (χ2v) is 4.69. The molecule has 0 radical (unpaired) electrons. The van der Waals surface area contributed by atoms with Crippen LogP contribution in [0.25, 0.3) is 0 Å². The maximum absolute atomic E-state index is 5.78. The normalized spacial score (nSPS) is 36.2. The van der Waals surface area contributed by atoms with Crippen molar-refractivity contribution in [1.29, 1.82) is 0 Å². The largest absolute Gasteiger partial charge is 0.378 e. The van der Waals surface area contributed by atoms with Crippen LogP contribution in [0.2, 0.25) is 0 Å². The Kier molecular flexibility index (Phi) is 2.89. The predicted octanol–water partition coefficient (Wildman–Crippen LogP) is 1.90. The standard InChI is InChI=1S/C11H21NO/c1-9(2)12-6-5-11-10(8-12)4-3-7-13-11/h9-11H,3-8H2,1-2H3/t10-,11+/m1/s1. The van der Waals surface area contributed by atoms with Gasteiger partial charge in [-0.25, -0.2) is 0 Å². The van der Waals surface area contributed by atoms with E-state index in [-0.39, 0.29) is 0 Å². The summed E-state index contributed by atoms with van der Waals surface area (Å²) >= 11 is 0. The van der Waals surface area contributed by atoms with E-state index in [4.69, 9.17) is 4.74 Å². The lowest BCUT2D eigenvalue weighted by Gasteiger charge is -2.42.